The van der Waals surface area contributed by atoms with Gasteiger partial charge in [0.05, 0.1) is 23.0 Å². The van der Waals surface area contributed by atoms with E-state index in [0.29, 0.717) is 19.3 Å². The van der Waals surface area contributed by atoms with Crippen LogP contribution in [0.5, 0.6) is 0 Å². The maximum atomic E-state index is 13.9. The van der Waals surface area contributed by atoms with Gasteiger partial charge in [0.15, 0.2) is 17.2 Å². The van der Waals surface area contributed by atoms with E-state index < -0.39 is 27.3 Å². The lowest BCUT2D eigenvalue weighted by molar-refractivity contribution is -0.174. The molecule has 0 radical (unpaired) electrons. The number of ether oxygens (including phenoxy) is 1. The van der Waals surface area contributed by atoms with Gasteiger partial charge in [0.25, 0.3) is 0 Å². The van der Waals surface area contributed by atoms with Crippen molar-refractivity contribution >= 4 is 17.5 Å². The summed E-state index contributed by atoms with van der Waals surface area (Å²) in [7, 11) is 0. The lowest BCUT2D eigenvalue weighted by Crippen LogP contribution is -2.65. The predicted molar refractivity (Wildman–Crippen MR) is 119 cm³/mol. The number of esters is 1. The molecule has 5 rings (SSSR count). The largest absolute Gasteiger partial charge is 0.450 e. The molecule has 8 atom stereocenters. The lowest BCUT2D eigenvalue weighted by Gasteiger charge is -2.63. The molecule has 1 spiro atoms. The third-order valence-electron chi connectivity index (χ3n) is 10.9. The summed E-state index contributed by atoms with van der Waals surface area (Å²) in [4.78, 5) is 40.1. The smallest absolute Gasteiger partial charge is 0.313 e. The molecular weight excluding hydrogens is 418 g/mol. The number of Topliss-reactive ketones (excluding diaryl/α,β-unsaturated/α-hetero) is 1. The normalized spacial score (nSPS) is 50.3. The molecule has 33 heavy (non-hydrogen) atoms. The van der Waals surface area contributed by atoms with Gasteiger partial charge in [-0.1, -0.05) is 39.3 Å². The van der Waals surface area contributed by atoms with Crippen molar-refractivity contribution in [3.8, 4) is 6.07 Å². The lowest BCUT2D eigenvalue weighted by atomic mass is 9.39. The van der Waals surface area contributed by atoms with Gasteiger partial charge in [-0.05, 0) is 56.4 Å². The predicted octanol–water partition coefficient (Wildman–Crippen LogP) is 3.69. The molecular formula is C27H33NO5. The minimum absolute atomic E-state index is 0.0532. The maximum Gasteiger partial charge on any atom is 0.313 e. The summed E-state index contributed by atoms with van der Waals surface area (Å²) in [5, 5.41) is 20.0. The molecule has 6 nitrogen and oxygen atoms in total. The minimum atomic E-state index is -1.14. The zero-order chi connectivity index (χ0) is 24.2. The van der Waals surface area contributed by atoms with Crippen LogP contribution >= 0.6 is 0 Å². The zero-order valence-corrected chi connectivity index (χ0v) is 20.2. The fourth-order valence-electron chi connectivity index (χ4n) is 8.96. The molecule has 1 saturated heterocycles. The monoisotopic (exact) mass is 451 g/mol. The van der Waals surface area contributed by atoms with E-state index in [1.807, 2.05) is 26.8 Å². The van der Waals surface area contributed by atoms with E-state index in [0.717, 1.165) is 18.4 Å². The molecule has 0 aromatic carbocycles. The first-order valence-corrected chi connectivity index (χ1v) is 12.2. The van der Waals surface area contributed by atoms with Crippen molar-refractivity contribution in [1.29, 1.82) is 5.26 Å². The van der Waals surface area contributed by atoms with Gasteiger partial charge in [0.1, 0.15) is 6.07 Å². The number of ketones is 2. The topological polar surface area (TPSA) is 104 Å². The molecule has 2 saturated carbocycles. The van der Waals surface area contributed by atoms with Crippen LogP contribution in [-0.2, 0) is 19.1 Å². The molecule has 3 unspecified atom stereocenters. The van der Waals surface area contributed by atoms with Crippen LogP contribution in [0.15, 0.2) is 23.3 Å². The molecule has 4 aliphatic carbocycles. The number of allylic oxidation sites excluding steroid dienone is 3. The molecule has 1 aliphatic heterocycles. The van der Waals surface area contributed by atoms with Crippen LogP contribution in [0.4, 0.5) is 0 Å². The van der Waals surface area contributed by atoms with E-state index in [1.54, 1.807) is 19.1 Å². The van der Waals surface area contributed by atoms with Crippen molar-refractivity contribution in [2.45, 2.75) is 72.3 Å². The number of hydrogen-bond donors (Lipinski definition) is 1. The second-order valence-corrected chi connectivity index (χ2v) is 11.8. The summed E-state index contributed by atoms with van der Waals surface area (Å²) in [6, 6.07) is 2.05. The van der Waals surface area contributed by atoms with E-state index in [9.17, 15) is 24.8 Å². The third kappa shape index (κ3) is 2.21. The van der Waals surface area contributed by atoms with Crippen LogP contribution in [0.3, 0.4) is 0 Å². The summed E-state index contributed by atoms with van der Waals surface area (Å²) in [6.45, 7) is 9.59. The van der Waals surface area contributed by atoms with E-state index in [2.05, 4.69) is 6.92 Å². The highest BCUT2D eigenvalue weighted by Crippen LogP contribution is 2.72. The van der Waals surface area contributed by atoms with Gasteiger partial charge in [0.2, 0.25) is 0 Å². The molecule has 0 aromatic heterocycles. The Morgan fingerprint density at radius 3 is 2.42 bits per heavy atom. The van der Waals surface area contributed by atoms with Crippen LogP contribution in [-0.4, -0.2) is 34.9 Å². The molecule has 5 aliphatic rings. The Morgan fingerprint density at radius 2 is 1.82 bits per heavy atom. The fourth-order valence-corrected chi connectivity index (χ4v) is 8.96. The fraction of sp³-hybridized carbons (Fsp3) is 0.704. The number of nitriles is 1. The van der Waals surface area contributed by atoms with Gasteiger partial charge in [-0.25, -0.2) is 0 Å². The minimum Gasteiger partial charge on any atom is -0.450 e. The van der Waals surface area contributed by atoms with Crippen molar-refractivity contribution in [1.82, 2.24) is 0 Å². The van der Waals surface area contributed by atoms with Crippen molar-refractivity contribution in [2.75, 3.05) is 6.61 Å². The van der Waals surface area contributed by atoms with Crippen LogP contribution in [0.2, 0.25) is 0 Å². The van der Waals surface area contributed by atoms with Gasteiger partial charge < -0.3 is 9.84 Å². The second kappa shape index (κ2) is 6.44. The van der Waals surface area contributed by atoms with E-state index >= 15 is 0 Å². The molecule has 176 valence electrons. The van der Waals surface area contributed by atoms with E-state index in [4.69, 9.17) is 4.74 Å². The highest BCUT2D eigenvalue weighted by Gasteiger charge is 2.76. The van der Waals surface area contributed by atoms with Crippen molar-refractivity contribution in [3.05, 3.63) is 23.3 Å². The Morgan fingerprint density at radius 1 is 1.15 bits per heavy atom. The number of carbonyl (C=O) groups is 3. The summed E-state index contributed by atoms with van der Waals surface area (Å²) in [5.41, 5.74) is -2.97. The number of nitrogens with zero attached hydrogens (tertiary/aromatic N) is 1. The summed E-state index contributed by atoms with van der Waals surface area (Å²) >= 11 is 0. The third-order valence-corrected chi connectivity index (χ3v) is 10.9. The second-order valence-electron chi connectivity index (χ2n) is 11.8. The molecule has 6 heteroatoms. The van der Waals surface area contributed by atoms with Crippen molar-refractivity contribution in [3.63, 3.8) is 0 Å². The number of rotatable bonds is 2. The number of aliphatic hydroxyl groups excluding tert-OH is 1. The zero-order valence-electron chi connectivity index (χ0n) is 20.2. The van der Waals surface area contributed by atoms with Crippen LogP contribution in [0.1, 0.15) is 66.7 Å². The van der Waals surface area contributed by atoms with Crippen molar-refractivity contribution in [2.24, 2.45) is 39.4 Å². The Labute approximate surface area is 195 Å². The van der Waals surface area contributed by atoms with Gasteiger partial charge >= 0.3 is 5.97 Å². The molecule has 0 amide bonds. The van der Waals surface area contributed by atoms with Gasteiger partial charge in [0, 0.05) is 17.3 Å². The first kappa shape index (κ1) is 22.5. The molecule has 0 aromatic rings. The molecule has 1 N–H and O–H groups in total. The van der Waals surface area contributed by atoms with Crippen LogP contribution in [0.25, 0.3) is 0 Å². The first-order valence-electron chi connectivity index (χ1n) is 12.2. The molecule has 3 fully saturated rings. The SMILES string of the molecule is CC[C@@]12CCC3[C@](OC1=O)(C(=O)C=C1[C@@]4(C)C=C(C#N)C(=O)[C@@](C)(CO)C4CC[C@]13C)C2C. The Bertz CT molecular complexity index is 1100. The average molecular weight is 452 g/mol. The van der Waals surface area contributed by atoms with Gasteiger partial charge in [-0.15, -0.1) is 0 Å². The summed E-state index contributed by atoms with van der Waals surface area (Å²) < 4.78 is 6.11. The number of carbonyl (C=O) groups excluding carboxylic acids is 3. The number of aliphatic hydroxyl groups is 1. The number of hydrogen-bond acceptors (Lipinski definition) is 6. The summed E-state index contributed by atoms with van der Waals surface area (Å²) in [5.74, 6) is -1.28. The van der Waals surface area contributed by atoms with E-state index in [1.165, 1.54) is 0 Å². The number of fused-ring (bicyclic) bond motifs is 5. The van der Waals surface area contributed by atoms with E-state index in [-0.39, 0.29) is 47.5 Å². The van der Waals surface area contributed by atoms with Crippen molar-refractivity contribution < 1.29 is 24.2 Å². The Balaban J connectivity index is 1.73. The Hall–Kier alpha value is -2.26. The van der Waals surface area contributed by atoms with Gasteiger partial charge in [-0.3, -0.25) is 14.4 Å². The van der Waals surface area contributed by atoms with Crippen LogP contribution in [0, 0.1) is 50.7 Å². The highest BCUT2D eigenvalue weighted by molar-refractivity contribution is 6.06. The highest BCUT2D eigenvalue weighted by atomic mass is 16.6. The average Bonchev–Trinajstić information content (AvgIpc) is 2.91. The molecule has 2 bridgehead atoms. The van der Waals surface area contributed by atoms with Crippen LogP contribution < -0.4 is 0 Å². The maximum absolute atomic E-state index is 13.9. The summed E-state index contributed by atoms with van der Waals surface area (Å²) in [6.07, 6.45) is 6.95. The van der Waals surface area contributed by atoms with Gasteiger partial charge in [-0.2, -0.15) is 5.26 Å². The Kier molecular flexibility index (Phi) is 4.40. The quantitative estimate of drug-likeness (QED) is 0.642. The molecule has 1 heterocycles. The standard InChI is InChI=1S/C27H33NO5/c1-6-26-10-8-18-23(3)9-7-17-24(4,12-16(13-28)21(31)25(17,5)14-29)19(23)11-20(30)27(18,15(26)2)33-22(26)32/h11-12,15,17-18,29H,6-10,14H2,1-5H3/t15?,17?,18?,23-,24-,25-,26-,27-/m0/s1. The first-order chi connectivity index (χ1) is 15.4.